The van der Waals surface area contributed by atoms with Crippen LogP contribution in [0.4, 0.5) is 0 Å². The fourth-order valence-electron chi connectivity index (χ4n) is 4.13. The van der Waals surface area contributed by atoms with Crippen molar-refractivity contribution in [2.75, 3.05) is 11.6 Å². The highest BCUT2D eigenvalue weighted by molar-refractivity contribution is 9.09. The number of hydrogen-bond donors (Lipinski definition) is 1. The number of carbonyl (C=O) groups is 1. The lowest BCUT2D eigenvalue weighted by atomic mass is 10.0. The number of pyridine rings is 1. The summed E-state index contributed by atoms with van der Waals surface area (Å²) in [6.45, 7) is 15.8. The highest BCUT2D eigenvalue weighted by Gasteiger charge is 2.41. The Morgan fingerprint density at radius 1 is 1.03 bits per heavy atom. The second kappa shape index (κ2) is 13.1. The van der Waals surface area contributed by atoms with Crippen molar-refractivity contribution >= 4 is 49.4 Å². The van der Waals surface area contributed by atoms with Crippen LogP contribution in [-0.2, 0) is 8.85 Å². The Morgan fingerprint density at radius 2 is 1.72 bits per heavy atom. The number of nitrogens with one attached hydrogen (secondary N) is 1. The van der Waals surface area contributed by atoms with E-state index in [0.29, 0.717) is 28.4 Å². The average molecular weight is 633 g/mol. The fourth-order valence-corrected chi connectivity index (χ4v) is 10.3. The summed E-state index contributed by atoms with van der Waals surface area (Å²) >= 11 is 3.69. The van der Waals surface area contributed by atoms with E-state index in [9.17, 15) is 9.59 Å². The first-order valence-corrected chi connectivity index (χ1v) is 20.5. The number of fused-ring (bicyclic) bond motifs is 1. The van der Waals surface area contributed by atoms with Crippen molar-refractivity contribution in [3.63, 3.8) is 0 Å². The van der Waals surface area contributed by atoms with E-state index in [2.05, 4.69) is 68.2 Å². The number of rotatable bonds is 12. The first-order valence-electron chi connectivity index (χ1n) is 13.6. The molecule has 1 aromatic heterocycles. The molecule has 0 aliphatic rings. The van der Waals surface area contributed by atoms with Gasteiger partial charge in [0.2, 0.25) is 13.9 Å². The number of alkyl halides is 1. The van der Waals surface area contributed by atoms with Gasteiger partial charge in [-0.1, -0.05) is 80.7 Å². The Bertz CT molecular complexity index is 1320. The largest absolute Gasteiger partial charge is 0.421 e. The Kier molecular flexibility index (Phi) is 10.6. The summed E-state index contributed by atoms with van der Waals surface area (Å²) in [5, 5.41) is 1.49. The van der Waals surface area contributed by atoms with Gasteiger partial charge in [-0.05, 0) is 60.6 Å². The molecule has 3 aromatic rings. The van der Waals surface area contributed by atoms with Crippen molar-refractivity contribution < 1.29 is 18.4 Å². The number of benzene rings is 2. The van der Waals surface area contributed by atoms with E-state index in [0.717, 1.165) is 29.8 Å². The lowest BCUT2D eigenvalue weighted by Gasteiger charge is -2.40. The molecule has 212 valence electrons. The van der Waals surface area contributed by atoms with Crippen molar-refractivity contribution in [3.05, 3.63) is 76.1 Å². The summed E-state index contributed by atoms with van der Waals surface area (Å²) in [5.41, 5.74) is 1.58. The zero-order valence-corrected chi connectivity index (χ0v) is 27.8. The zero-order chi connectivity index (χ0) is 28.8. The van der Waals surface area contributed by atoms with Gasteiger partial charge < -0.3 is 18.6 Å². The third-order valence-electron chi connectivity index (χ3n) is 7.62. The van der Waals surface area contributed by atoms with E-state index in [4.69, 9.17) is 13.6 Å². The van der Waals surface area contributed by atoms with E-state index < -0.39 is 22.6 Å². The zero-order valence-electron chi connectivity index (χ0n) is 24.2. The Balaban J connectivity index is 1.96. The molecule has 0 saturated carbocycles. The minimum atomic E-state index is -2.28. The Labute approximate surface area is 242 Å². The number of aromatic nitrogens is 1. The van der Waals surface area contributed by atoms with E-state index in [1.807, 2.05) is 12.1 Å². The first kappa shape index (κ1) is 31.5. The molecule has 1 heterocycles. The molecule has 0 fully saturated rings. The number of unbranched alkanes of at least 4 members (excludes halogenated alkanes) is 1. The van der Waals surface area contributed by atoms with Gasteiger partial charge in [0, 0.05) is 16.8 Å². The Morgan fingerprint density at radius 3 is 2.33 bits per heavy atom. The van der Waals surface area contributed by atoms with Gasteiger partial charge in [-0.15, -0.1) is 0 Å². The van der Waals surface area contributed by atoms with Crippen molar-refractivity contribution in [3.8, 4) is 5.75 Å². The maximum absolute atomic E-state index is 12.8. The predicted molar refractivity (Wildman–Crippen MR) is 168 cm³/mol. The average Bonchev–Trinajstić information content (AvgIpc) is 2.90. The second-order valence-corrected chi connectivity index (χ2v) is 21.3. The van der Waals surface area contributed by atoms with Gasteiger partial charge >= 0.3 is 5.97 Å². The third kappa shape index (κ3) is 8.01. The summed E-state index contributed by atoms with van der Waals surface area (Å²) in [6.07, 6.45) is 2.57. The van der Waals surface area contributed by atoms with Gasteiger partial charge in [0.1, 0.15) is 0 Å². The molecule has 6 nitrogen and oxygen atoms in total. The SMILES string of the molecule is CCCC[Si](C)(CO[Si](C)(C)C(C)(C)C)O[C@@H](CBr)c1ccc(OC(=O)c2ccccc2)c2[nH]c(=O)ccc12. The molecule has 0 amide bonds. The molecule has 0 spiro atoms. The predicted octanol–water partition coefficient (Wildman–Crippen LogP) is 8.14. The normalized spacial score (nSPS) is 14.7. The van der Waals surface area contributed by atoms with Crippen molar-refractivity contribution in [2.45, 2.75) is 77.4 Å². The van der Waals surface area contributed by atoms with E-state index in [1.165, 1.54) is 6.07 Å². The molecule has 1 unspecified atom stereocenters. The minimum Gasteiger partial charge on any atom is -0.421 e. The highest BCUT2D eigenvalue weighted by atomic mass is 79.9. The van der Waals surface area contributed by atoms with Gasteiger partial charge in [-0.3, -0.25) is 4.79 Å². The molecule has 3 rings (SSSR count). The molecule has 0 aliphatic carbocycles. The van der Waals surface area contributed by atoms with E-state index in [1.54, 1.807) is 36.4 Å². The third-order valence-corrected chi connectivity index (χ3v) is 16.0. The van der Waals surface area contributed by atoms with Crippen molar-refractivity contribution in [2.24, 2.45) is 0 Å². The molecular formula is C30H42BrNO5Si2. The molecule has 39 heavy (non-hydrogen) atoms. The molecule has 0 radical (unpaired) electrons. The van der Waals surface area contributed by atoms with Crippen LogP contribution in [0.1, 0.15) is 62.6 Å². The van der Waals surface area contributed by atoms with E-state index >= 15 is 0 Å². The maximum Gasteiger partial charge on any atom is 0.343 e. The highest BCUT2D eigenvalue weighted by Crippen LogP contribution is 2.39. The fraction of sp³-hybridized carbons (Fsp3) is 0.467. The molecule has 2 atom stereocenters. The topological polar surface area (TPSA) is 77.6 Å². The number of carbonyl (C=O) groups excluding carboxylic acids is 1. The Hall–Kier alpha value is -2.05. The van der Waals surface area contributed by atoms with Gasteiger partial charge in [0.15, 0.2) is 14.1 Å². The number of halogens is 1. The molecule has 2 aromatic carbocycles. The van der Waals surface area contributed by atoms with Crippen LogP contribution in [-0.4, -0.2) is 39.1 Å². The molecule has 9 heteroatoms. The monoisotopic (exact) mass is 631 g/mol. The van der Waals surface area contributed by atoms with Crippen LogP contribution in [0.5, 0.6) is 5.75 Å². The van der Waals surface area contributed by atoms with Crippen LogP contribution < -0.4 is 10.3 Å². The van der Waals surface area contributed by atoms with E-state index in [-0.39, 0.29) is 16.7 Å². The quantitative estimate of drug-likeness (QED) is 0.0944. The molecule has 0 bridgehead atoms. The summed E-state index contributed by atoms with van der Waals surface area (Å²) in [7, 11) is -4.22. The van der Waals surface area contributed by atoms with Crippen LogP contribution in [0.25, 0.3) is 10.9 Å². The van der Waals surface area contributed by atoms with Crippen LogP contribution >= 0.6 is 15.9 Å². The van der Waals surface area contributed by atoms with Gasteiger partial charge in [-0.2, -0.15) is 0 Å². The number of aromatic amines is 1. The first-order chi connectivity index (χ1) is 18.3. The summed E-state index contributed by atoms with van der Waals surface area (Å²) in [6, 6.07) is 16.8. The standard InChI is InChI=1S/C30H42BrNO5Si2/c1-8-9-19-39(7,21-35-38(5,6)30(2,3)4)37-26(20-31)23-15-17-25(28-24(23)16-18-27(33)32-28)36-29(34)22-13-11-10-12-14-22/h10-18,26H,8-9,19-21H2,1-7H3,(H,32,33)/t26-,39?/m0/s1. The number of ether oxygens (including phenoxy) is 1. The second-order valence-electron chi connectivity index (χ2n) is 11.9. The van der Waals surface area contributed by atoms with Crippen LogP contribution in [0.3, 0.4) is 0 Å². The van der Waals surface area contributed by atoms with Crippen LogP contribution in [0.15, 0.2) is 59.4 Å². The van der Waals surface area contributed by atoms with Gasteiger partial charge in [-0.25, -0.2) is 4.79 Å². The van der Waals surface area contributed by atoms with Crippen molar-refractivity contribution in [1.29, 1.82) is 0 Å². The molecule has 1 N–H and O–H groups in total. The molecule has 0 saturated heterocycles. The number of hydrogen-bond acceptors (Lipinski definition) is 5. The lowest BCUT2D eigenvalue weighted by Crippen LogP contribution is -2.49. The summed E-state index contributed by atoms with van der Waals surface area (Å²) < 4.78 is 19.4. The maximum atomic E-state index is 12.8. The molecule has 0 aliphatic heterocycles. The molecular weight excluding hydrogens is 590 g/mol. The van der Waals surface area contributed by atoms with Crippen molar-refractivity contribution in [1.82, 2.24) is 4.98 Å². The van der Waals surface area contributed by atoms with Crippen LogP contribution in [0, 0.1) is 0 Å². The minimum absolute atomic E-state index is 0.122. The lowest BCUT2D eigenvalue weighted by molar-refractivity contribution is 0.0736. The number of H-pyrrole nitrogens is 1. The van der Waals surface area contributed by atoms with Gasteiger partial charge in [0.05, 0.1) is 23.4 Å². The van der Waals surface area contributed by atoms with Crippen LogP contribution in [0.2, 0.25) is 30.7 Å². The number of esters is 1. The summed E-state index contributed by atoms with van der Waals surface area (Å²) in [4.78, 5) is 28.0. The van der Waals surface area contributed by atoms with Gasteiger partial charge in [0.25, 0.3) is 0 Å². The smallest absolute Gasteiger partial charge is 0.343 e. The summed E-state index contributed by atoms with van der Waals surface area (Å²) in [5.74, 6) is -0.175.